The van der Waals surface area contributed by atoms with Gasteiger partial charge in [0.2, 0.25) is 5.88 Å². The lowest BCUT2D eigenvalue weighted by Crippen LogP contribution is -2.26. The predicted octanol–water partition coefficient (Wildman–Crippen LogP) is 9.09. The number of nitrogens with two attached hydrogens (primary N) is 1. The third-order valence-electron chi connectivity index (χ3n) is 8.55. The summed E-state index contributed by atoms with van der Waals surface area (Å²) in [6.45, 7) is 4.72. The van der Waals surface area contributed by atoms with Gasteiger partial charge in [0.15, 0.2) is 11.5 Å². The number of fused-ring (bicyclic) bond motifs is 1. The third kappa shape index (κ3) is 7.69. The molecule has 3 aromatic rings. The second-order valence-electron chi connectivity index (χ2n) is 11.6. The third-order valence-corrected chi connectivity index (χ3v) is 9.14. The standard InChI is InChI=1S/C36H38Cl2N2O5/c1-3-5-6-22-7-9-23(10-8-22)36(41)44-27-14-15-28-32(19-27)45-35(40)29(20-39)34(28)24-12-16-31(33(17-24)42-4-2)43-21-25-11-13-26(37)18-30(25)38/h11-19,22-23,34H,3-10,21,40H2,1-2H3. The van der Waals surface area contributed by atoms with E-state index in [1.807, 2.05) is 31.2 Å². The van der Waals surface area contributed by atoms with Crippen LogP contribution in [-0.4, -0.2) is 12.6 Å². The Morgan fingerprint density at radius 3 is 2.51 bits per heavy atom. The number of ether oxygens (including phenoxy) is 4. The summed E-state index contributed by atoms with van der Waals surface area (Å²) < 4.78 is 23.7. The second kappa shape index (κ2) is 14.9. The molecule has 2 N–H and O–H groups in total. The van der Waals surface area contributed by atoms with Crippen LogP contribution in [0.15, 0.2) is 66.1 Å². The van der Waals surface area contributed by atoms with Crippen molar-refractivity contribution in [3.8, 4) is 29.1 Å². The van der Waals surface area contributed by atoms with Crippen LogP contribution in [0.5, 0.6) is 23.0 Å². The molecule has 1 aliphatic heterocycles. The van der Waals surface area contributed by atoms with Gasteiger partial charge in [-0.15, -0.1) is 0 Å². The Morgan fingerprint density at radius 2 is 1.80 bits per heavy atom. The maximum Gasteiger partial charge on any atom is 0.314 e. The molecule has 9 heteroatoms. The number of allylic oxidation sites excluding steroid dienone is 1. The summed E-state index contributed by atoms with van der Waals surface area (Å²) in [7, 11) is 0. The van der Waals surface area contributed by atoms with E-state index in [2.05, 4.69) is 13.0 Å². The number of esters is 1. The Labute approximate surface area is 274 Å². The van der Waals surface area contributed by atoms with Gasteiger partial charge < -0.3 is 24.7 Å². The van der Waals surface area contributed by atoms with E-state index in [0.717, 1.165) is 42.4 Å². The smallest absolute Gasteiger partial charge is 0.314 e. The van der Waals surface area contributed by atoms with Gasteiger partial charge in [-0.2, -0.15) is 5.26 Å². The zero-order valence-electron chi connectivity index (χ0n) is 25.6. The van der Waals surface area contributed by atoms with Crippen LogP contribution in [0.25, 0.3) is 0 Å². The molecule has 0 saturated heterocycles. The van der Waals surface area contributed by atoms with Crippen LogP contribution in [0.2, 0.25) is 10.0 Å². The Balaban J connectivity index is 1.35. The predicted molar refractivity (Wildman–Crippen MR) is 175 cm³/mol. The van der Waals surface area contributed by atoms with Crippen LogP contribution < -0.4 is 24.7 Å². The monoisotopic (exact) mass is 648 g/mol. The van der Waals surface area contributed by atoms with Crippen molar-refractivity contribution in [1.82, 2.24) is 0 Å². The molecule has 1 fully saturated rings. The number of rotatable bonds is 11. The minimum atomic E-state index is -0.527. The molecule has 0 spiro atoms. The summed E-state index contributed by atoms with van der Waals surface area (Å²) in [5.74, 6) is 1.72. The zero-order valence-corrected chi connectivity index (χ0v) is 27.1. The van der Waals surface area contributed by atoms with Gasteiger partial charge in [0.25, 0.3) is 0 Å². The minimum Gasteiger partial charge on any atom is -0.490 e. The van der Waals surface area contributed by atoms with Crippen LogP contribution in [0.1, 0.15) is 81.4 Å². The lowest BCUT2D eigenvalue weighted by molar-refractivity contribution is -0.140. The molecule has 1 saturated carbocycles. The first kappa shape index (κ1) is 32.5. The summed E-state index contributed by atoms with van der Waals surface area (Å²) in [4.78, 5) is 13.0. The van der Waals surface area contributed by atoms with Crippen molar-refractivity contribution in [2.75, 3.05) is 6.61 Å². The maximum absolute atomic E-state index is 13.0. The van der Waals surface area contributed by atoms with Crippen LogP contribution >= 0.6 is 23.2 Å². The van der Waals surface area contributed by atoms with Gasteiger partial charge in [0.05, 0.1) is 18.4 Å². The van der Waals surface area contributed by atoms with Gasteiger partial charge in [0.1, 0.15) is 29.7 Å². The van der Waals surface area contributed by atoms with Gasteiger partial charge >= 0.3 is 5.97 Å². The fourth-order valence-corrected chi connectivity index (χ4v) is 6.57. The number of halogens is 2. The van der Waals surface area contributed by atoms with Gasteiger partial charge in [-0.25, -0.2) is 0 Å². The lowest BCUT2D eigenvalue weighted by atomic mass is 9.80. The van der Waals surface area contributed by atoms with E-state index in [4.69, 9.17) is 47.9 Å². The van der Waals surface area contributed by atoms with Crippen LogP contribution in [0.3, 0.4) is 0 Å². The highest BCUT2D eigenvalue weighted by Crippen LogP contribution is 2.45. The highest BCUT2D eigenvalue weighted by molar-refractivity contribution is 6.35. The summed E-state index contributed by atoms with van der Waals surface area (Å²) in [6, 6.07) is 18.2. The molecule has 1 aliphatic carbocycles. The van der Waals surface area contributed by atoms with Gasteiger partial charge in [-0.3, -0.25) is 4.79 Å². The Kier molecular flexibility index (Phi) is 10.8. The quantitative estimate of drug-likeness (QED) is 0.163. The fourth-order valence-electron chi connectivity index (χ4n) is 6.11. The molecule has 45 heavy (non-hydrogen) atoms. The Bertz CT molecular complexity index is 1610. The first-order valence-electron chi connectivity index (χ1n) is 15.6. The first-order chi connectivity index (χ1) is 21.8. The van der Waals surface area contributed by atoms with E-state index < -0.39 is 5.92 Å². The average Bonchev–Trinajstić information content (AvgIpc) is 3.03. The fraction of sp³-hybridized carbons (Fsp3) is 0.389. The Morgan fingerprint density at radius 1 is 1.00 bits per heavy atom. The molecule has 236 valence electrons. The topological polar surface area (TPSA) is 104 Å². The first-order valence-corrected chi connectivity index (χ1v) is 16.3. The van der Waals surface area contributed by atoms with Crippen LogP contribution in [-0.2, 0) is 11.4 Å². The van der Waals surface area contributed by atoms with Crippen molar-refractivity contribution in [1.29, 1.82) is 5.26 Å². The summed E-state index contributed by atoms with van der Waals surface area (Å²) in [5, 5.41) is 11.1. The van der Waals surface area contributed by atoms with Crippen molar-refractivity contribution in [2.24, 2.45) is 17.6 Å². The van der Waals surface area contributed by atoms with Crippen molar-refractivity contribution in [3.63, 3.8) is 0 Å². The van der Waals surface area contributed by atoms with Gasteiger partial charge in [0, 0.05) is 27.2 Å². The van der Waals surface area contributed by atoms with Gasteiger partial charge in [-0.1, -0.05) is 67.6 Å². The SMILES string of the molecule is CCCCC1CCC(C(=O)Oc2ccc3c(c2)OC(N)=C(C#N)C3c2ccc(OCc3ccc(Cl)cc3Cl)c(OCC)c2)CC1. The minimum absolute atomic E-state index is 0.000421. The molecular weight excluding hydrogens is 611 g/mol. The zero-order chi connectivity index (χ0) is 31.9. The summed E-state index contributed by atoms with van der Waals surface area (Å²) in [5.41, 5.74) is 8.81. The molecule has 7 nitrogen and oxygen atoms in total. The van der Waals surface area contributed by atoms with Crippen molar-refractivity contribution >= 4 is 29.2 Å². The van der Waals surface area contributed by atoms with Gasteiger partial charge in [-0.05, 0) is 74.4 Å². The van der Waals surface area contributed by atoms with E-state index >= 15 is 0 Å². The Hall–Kier alpha value is -3.86. The number of benzene rings is 3. The highest BCUT2D eigenvalue weighted by atomic mass is 35.5. The molecular formula is C36H38Cl2N2O5. The number of hydrogen-bond acceptors (Lipinski definition) is 7. The molecule has 3 aromatic carbocycles. The second-order valence-corrected chi connectivity index (χ2v) is 12.4. The van der Waals surface area contributed by atoms with E-state index in [-0.39, 0.29) is 30.0 Å². The largest absolute Gasteiger partial charge is 0.490 e. The lowest BCUT2D eigenvalue weighted by Gasteiger charge is -2.28. The number of hydrogen-bond donors (Lipinski definition) is 1. The van der Waals surface area contributed by atoms with E-state index in [1.54, 1.807) is 30.3 Å². The number of carbonyl (C=O) groups excluding carboxylic acids is 1. The van der Waals surface area contributed by atoms with Crippen LogP contribution in [0.4, 0.5) is 0 Å². The number of nitrogens with zero attached hydrogens (tertiary/aromatic N) is 1. The molecule has 0 bridgehead atoms. The molecule has 0 radical (unpaired) electrons. The van der Waals surface area contributed by atoms with Crippen molar-refractivity contribution in [2.45, 2.75) is 71.3 Å². The van der Waals surface area contributed by atoms with Crippen molar-refractivity contribution in [3.05, 3.63) is 92.8 Å². The molecule has 1 unspecified atom stereocenters. The molecule has 5 rings (SSSR count). The number of nitriles is 1. The summed E-state index contributed by atoms with van der Waals surface area (Å²) >= 11 is 12.4. The van der Waals surface area contributed by atoms with E-state index in [0.29, 0.717) is 45.6 Å². The molecule has 0 amide bonds. The molecule has 2 aliphatic rings. The van der Waals surface area contributed by atoms with E-state index in [1.165, 1.54) is 19.3 Å². The van der Waals surface area contributed by atoms with Crippen molar-refractivity contribution < 1.29 is 23.7 Å². The average molecular weight is 650 g/mol. The maximum atomic E-state index is 13.0. The normalized spacial score (nSPS) is 19.2. The number of unbranched alkanes of at least 4 members (excludes halogenated alkanes) is 1. The van der Waals surface area contributed by atoms with E-state index in [9.17, 15) is 10.1 Å². The highest BCUT2D eigenvalue weighted by Gasteiger charge is 2.33. The number of carbonyl (C=O) groups is 1. The summed E-state index contributed by atoms with van der Waals surface area (Å²) in [6.07, 6.45) is 7.52. The molecule has 0 aromatic heterocycles. The molecule has 1 atom stereocenters. The molecule has 1 heterocycles. The van der Waals surface area contributed by atoms with Crippen LogP contribution in [0, 0.1) is 23.2 Å².